The Bertz CT molecular complexity index is 622. The molecular formula is C13H13BrN4O. The van der Waals surface area contributed by atoms with Crippen LogP contribution < -0.4 is 16.8 Å². The summed E-state index contributed by atoms with van der Waals surface area (Å²) in [6.07, 6.45) is 1.62. The molecule has 1 aromatic heterocycles. The number of anilines is 3. The molecule has 0 unspecified atom stereocenters. The summed E-state index contributed by atoms with van der Waals surface area (Å²) in [7, 11) is 0. The quantitative estimate of drug-likeness (QED) is 0.741. The molecule has 6 heteroatoms. The van der Waals surface area contributed by atoms with Gasteiger partial charge in [-0.15, -0.1) is 0 Å². The van der Waals surface area contributed by atoms with Gasteiger partial charge in [0.2, 0.25) is 0 Å². The Kier molecular flexibility index (Phi) is 3.71. The summed E-state index contributed by atoms with van der Waals surface area (Å²) in [5.41, 5.74) is 13.5. The topological polar surface area (TPSA) is 94.0 Å². The van der Waals surface area contributed by atoms with Crippen molar-refractivity contribution in [2.45, 2.75) is 6.92 Å². The number of pyridine rings is 1. The van der Waals surface area contributed by atoms with Crippen LogP contribution in [0.15, 0.2) is 34.9 Å². The largest absolute Gasteiger partial charge is 0.399 e. The van der Waals surface area contributed by atoms with Crippen LogP contribution in [0.2, 0.25) is 0 Å². The third-order valence-electron chi connectivity index (χ3n) is 2.52. The van der Waals surface area contributed by atoms with Gasteiger partial charge < -0.3 is 16.8 Å². The SMILES string of the molecule is Cc1cc(Br)cnc1NC(=O)c1cc(N)cc(N)c1. The molecule has 1 heterocycles. The molecule has 0 atom stereocenters. The minimum Gasteiger partial charge on any atom is -0.399 e. The van der Waals surface area contributed by atoms with Gasteiger partial charge >= 0.3 is 0 Å². The van der Waals surface area contributed by atoms with Gasteiger partial charge in [0.25, 0.3) is 5.91 Å². The van der Waals surface area contributed by atoms with Crippen LogP contribution in [0.1, 0.15) is 15.9 Å². The van der Waals surface area contributed by atoms with E-state index in [1.807, 2.05) is 13.0 Å². The van der Waals surface area contributed by atoms with Crippen molar-refractivity contribution in [3.05, 3.63) is 46.1 Å². The second kappa shape index (κ2) is 5.27. The Balaban J connectivity index is 2.25. The summed E-state index contributed by atoms with van der Waals surface area (Å²) in [6, 6.07) is 6.61. The Morgan fingerprint density at radius 1 is 1.21 bits per heavy atom. The van der Waals surface area contributed by atoms with E-state index in [4.69, 9.17) is 11.5 Å². The standard InChI is InChI=1S/C13H13BrN4O/c1-7-2-9(14)6-17-12(7)18-13(19)8-3-10(15)5-11(16)4-8/h2-6H,15-16H2,1H3,(H,17,18,19). The monoisotopic (exact) mass is 320 g/mol. The zero-order valence-corrected chi connectivity index (χ0v) is 11.9. The lowest BCUT2D eigenvalue weighted by Gasteiger charge is -2.08. The molecule has 19 heavy (non-hydrogen) atoms. The van der Waals surface area contributed by atoms with Crippen LogP contribution in [-0.2, 0) is 0 Å². The first-order valence-electron chi connectivity index (χ1n) is 5.55. The van der Waals surface area contributed by atoms with Crippen LogP contribution in [0.5, 0.6) is 0 Å². The second-order valence-corrected chi connectivity index (χ2v) is 5.08. The first-order chi connectivity index (χ1) is 8.95. The number of carbonyl (C=O) groups is 1. The fourth-order valence-corrected chi connectivity index (χ4v) is 2.10. The summed E-state index contributed by atoms with van der Waals surface area (Å²) in [4.78, 5) is 16.2. The van der Waals surface area contributed by atoms with Gasteiger partial charge in [-0.25, -0.2) is 4.98 Å². The molecule has 98 valence electrons. The maximum atomic E-state index is 12.1. The zero-order chi connectivity index (χ0) is 14.0. The van der Waals surface area contributed by atoms with Crippen LogP contribution >= 0.6 is 15.9 Å². The van der Waals surface area contributed by atoms with E-state index in [1.165, 1.54) is 0 Å². The Morgan fingerprint density at radius 2 is 1.84 bits per heavy atom. The van der Waals surface area contributed by atoms with E-state index < -0.39 is 0 Å². The van der Waals surface area contributed by atoms with Crippen molar-refractivity contribution < 1.29 is 4.79 Å². The molecule has 0 aliphatic carbocycles. The predicted octanol–water partition coefficient (Wildman–Crippen LogP) is 2.57. The van der Waals surface area contributed by atoms with Gasteiger partial charge in [0.15, 0.2) is 0 Å². The van der Waals surface area contributed by atoms with E-state index in [0.29, 0.717) is 22.8 Å². The van der Waals surface area contributed by atoms with Crippen LogP contribution in [0, 0.1) is 6.92 Å². The number of hydrogen-bond acceptors (Lipinski definition) is 4. The highest BCUT2D eigenvalue weighted by atomic mass is 79.9. The minimum atomic E-state index is -0.295. The van der Waals surface area contributed by atoms with Crippen molar-refractivity contribution in [3.63, 3.8) is 0 Å². The number of nitrogen functional groups attached to an aromatic ring is 2. The number of carbonyl (C=O) groups excluding carboxylic acids is 1. The molecule has 0 aliphatic heterocycles. The number of hydrogen-bond donors (Lipinski definition) is 3. The molecule has 2 rings (SSSR count). The van der Waals surface area contributed by atoms with Crippen molar-refractivity contribution in [2.24, 2.45) is 0 Å². The number of amides is 1. The third-order valence-corrected chi connectivity index (χ3v) is 2.95. The number of benzene rings is 1. The van der Waals surface area contributed by atoms with Gasteiger partial charge in [-0.2, -0.15) is 0 Å². The van der Waals surface area contributed by atoms with Crippen molar-refractivity contribution in [1.82, 2.24) is 4.98 Å². The van der Waals surface area contributed by atoms with Crippen molar-refractivity contribution in [1.29, 1.82) is 0 Å². The minimum absolute atomic E-state index is 0.295. The highest BCUT2D eigenvalue weighted by Crippen LogP contribution is 2.19. The molecule has 5 N–H and O–H groups in total. The number of nitrogens with one attached hydrogen (secondary N) is 1. The molecule has 0 aliphatic rings. The fraction of sp³-hybridized carbons (Fsp3) is 0.0769. The highest BCUT2D eigenvalue weighted by molar-refractivity contribution is 9.10. The number of nitrogens with zero attached hydrogens (tertiary/aromatic N) is 1. The summed E-state index contributed by atoms with van der Waals surface area (Å²) < 4.78 is 0.858. The van der Waals surface area contributed by atoms with E-state index in [0.717, 1.165) is 10.0 Å². The van der Waals surface area contributed by atoms with Gasteiger partial charge in [0, 0.05) is 27.6 Å². The molecule has 5 nitrogen and oxygen atoms in total. The van der Waals surface area contributed by atoms with Crippen molar-refractivity contribution in [2.75, 3.05) is 16.8 Å². The Labute approximate surface area is 119 Å². The first kappa shape index (κ1) is 13.4. The zero-order valence-electron chi connectivity index (χ0n) is 10.3. The lowest BCUT2D eigenvalue weighted by molar-refractivity contribution is 0.102. The van der Waals surface area contributed by atoms with E-state index >= 15 is 0 Å². The molecule has 1 aromatic carbocycles. The molecule has 0 saturated heterocycles. The van der Waals surface area contributed by atoms with Crippen molar-refractivity contribution in [3.8, 4) is 0 Å². The normalized spacial score (nSPS) is 10.2. The summed E-state index contributed by atoms with van der Waals surface area (Å²) in [5.74, 6) is 0.214. The van der Waals surface area contributed by atoms with Crippen LogP contribution in [-0.4, -0.2) is 10.9 Å². The molecule has 0 bridgehead atoms. The van der Waals surface area contributed by atoms with Crippen LogP contribution in [0.3, 0.4) is 0 Å². The van der Waals surface area contributed by atoms with Gasteiger partial charge in [0.1, 0.15) is 5.82 Å². The van der Waals surface area contributed by atoms with Crippen LogP contribution in [0.4, 0.5) is 17.2 Å². The van der Waals surface area contributed by atoms with Crippen LogP contribution in [0.25, 0.3) is 0 Å². The molecule has 2 aromatic rings. The summed E-state index contributed by atoms with van der Waals surface area (Å²) in [5, 5.41) is 2.73. The smallest absolute Gasteiger partial charge is 0.256 e. The molecular weight excluding hydrogens is 308 g/mol. The lowest BCUT2D eigenvalue weighted by Crippen LogP contribution is -2.14. The summed E-state index contributed by atoms with van der Waals surface area (Å²) >= 11 is 3.32. The average Bonchev–Trinajstić information content (AvgIpc) is 2.31. The highest BCUT2D eigenvalue weighted by Gasteiger charge is 2.10. The van der Waals surface area contributed by atoms with Gasteiger partial charge in [-0.05, 0) is 52.7 Å². The third kappa shape index (κ3) is 3.23. The van der Waals surface area contributed by atoms with E-state index in [-0.39, 0.29) is 5.91 Å². The predicted molar refractivity (Wildman–Crippen MR) is 79.9 cm³/mol. The number of halogens is 1. The second-order valence-electron chi connectivity index (χ2n) is 4.16. The van der Waals surface area contributed by atoms with Gasteiger partial charge in [0.05, 0.1) is 0 Å². The maximum absolute atomic E-state index is 12.1. The summed E-state index contributed by atoms with van der Waals surface area (Å²) in [6.45, 7) is 1.86. The Hall–Kier alpha value is -2.08. The number of rotatable bonds is 2. The van der Waals surface area contributed by atoms with Gasteiger partial charge in [-0.3, -0.25) is 4.79 Å². The first-order valence-corrected chi connectivity index (χ1v) is 6.34. The van der Waals surface area contributed by atoms with Gasteiger partial charge in [-0.1, -0.05) is 0 Å². The molecule has 1 amide bonds. The molecule has 0 radical (unpaired) electrons. The van der Waals surface area contributed by atoms with E-state index in [9.17, 15) is 4.79 Å². The Morgan fingerprint density at radius 3 is 2.42 bits per heavy atom. The van der Waals surface area contributed by atoms with Crippen molar-refractivity contribution >= 4 is 39.0 Å². The molecule has 0 fully saturated rings. The number of aromatic nitrogens is 1. The van der Waals surface area contributed by atoms with E-state index in [1.54, 1.807) is 24.4 Å². The molecule has 0 spiro atoms. The average molecular weight is 321 g/mol. The van der Waals surface area contributed by atoms with E-state index in [2.05, 4.69) is 26.2 Å². The maximum Gasteiger partial charge on any atom is 0.256 e. The number of aryl methyl sites for hydroxylation is 1. The molecule has 0 saturated carbocycles. The number of nitrogens with two attached hydrogens (primary N) is 2. The fourth-order valence-electron chi connectivity index (χ4n) is 1.66. The lowest BCUT2D eigenvalue weighted by atomic mass is 10.1.